The Morgan fingerprint density at radius 1 is 1.31 bits per heavy atom. The first kappa shape index (κ1) is 9.47. The van der Waals surface area contributed by atoms with Crippen LogP contribution in [-0.2, 0) is 0 Å². The van der Waals surface area contributed by atoms with Gasteiger partial charge in [0.15, 0.2) is 0 Å². The van der Waals surface area contributed by atoms with Crippen LogP contribution in [0.5, 0.6) is 0 Å². The van der Waals surface area contributed by atoms with E-state index in [9.17, 15) is 5.11 Å². The van der Waals surface area contributed by atoms with E-state index < -0.39 is 5.60 Å². The van der Waals surface area contributed by atoms with E-state index in [4.69, 9.17) is 0 Å². The Morgan fingerprint density at radius 2 is 2.00 bits per heavy atom. The maximum Gasteiger partial charge on any atom is 0.0637 e. The second-order valence-electron chi connectivity index (χ2n) is 5.48. The van der Waals surface area contributed by atoms with Crippen molar-refractivity contribution in [2.45, 2.75) is 51.2 Å². The zero-order chi connectivity index (χ0) is 9.69. The standard InChI is InChI=1S/C11H21NO/c1-10(2,13)9-5-4-8-6-7-12-11(8,9)3/h8-9,12-13H,4-7H2,1-3H3. The van der Waals surface area contributed by atoms with Gasteiger partial charge in [-0.15, -0.1) is 0 Å². The van der Waals surface area contributed by atoms with Crippen LogP contribution in [0.4, 0.5) is 0 Å². The van der Waals surface area contributed by atoms with Crippen molar-refractivity contribution < 1.29 is 5.11 Å². The van der Waals surface area contributed by atoms with Gasteiger partial charge in [0.2, 0.25) is 0 Å². The van der Waals surface area contributed by atoms with Gasteiger partial charge < -0.3 is 10.4 Å². The minimum absolute atomic E-state index is 0.207. The molecule has 1 aliphatic heterocycles. The molecule has 1 aliphatic carbocycles. The Hall–Kier alpha value is -0.0800. The summed E-state index contributed by atoms with van der Waals surface area (Å²) in [5.74, 6) is 1.22. The fourth-order valence-corrected chi connectivity index (χ4v) is 3.57. The lowest BCUT2D eigenvalue weighted by atomic mass is 9.76. The van der Waals surface area contributed by atoms with Crippen molar-refractivity contribution in [1.29, 1.82) is 0 Å². The number of hydrogen-bond acceptors (Lipinski definition) is 2. The third-order valence-electron chi connectivity index (χ3n) is 4.23. The topological polar surface area (TPSA) is 32.3 Å². The molecule has 0 amide bonds. The summed E-state index contributed by atoms with van der Waals surface area (Å²) in [6, 6.07) is 0. The van der Waals surface area contributed by atoms with Crippen LogP contribution in [0.2, 0.25) is 0 Å². The van der Waals surface area contributed by atoms with Gasteiger partial charge in [0.05, 0.1) is 5.60 Å². The normalized spacial score (nSPS) is 45.2. The predicted octanol–water partition coefficient (Wildman–Crippen LogP) is 1.54. The molecule has 0 bridgehead atoms. The van der Waals surface area contributed by atoms with Crippen molar-refractivity contribution in [3.63, 3.8) is 0 Å². The highest BCUT2D eigenvalue weighted by atomic mass is 16.3. The molecule has 13 heavy (non-hydrogen) atoms. The highest BCUT2D eigenvalue weighted by Gasteiger charge is 2.53. The van der Waals surface area contributed by atoms with Crippen LogP contribution in [0.1, 0.15) is 40.0 Å². The van der Waals surface area contributed by atoms with E-state index in [1.54, 1.807) is 0 Å². The number of aliphatic hydroxyl groups is 1. The van der Waals surface area contributed by atoms with Crippen LogP contribution in [0, 0.1) is 11.8 Å². The second kappa shape index (κ2) is 2.71. The fourth-order valence-electron chi connectivity index (χ4n) is 3.57. The minimum atomic E-state index is -0.527. The van der Waals surface area contributed by atoms with Gasteiger partial charge in [-0.1, -0.05) is 0 Å². The molecule has 0 spiro atoms. The Kier molecular flexibility index (Phi) is 1.97. The molecule has 0 aromatic carbocycles. The summed E-state index contributed by atoms with van der Waals surface area (Å²) in [5.41, 5.74) is -0.320. The molecule has 1 heterocycles. The first-order valence-electron chi connectivity index (χ1n) is 5.42. The van der Waals surface area contributed by atoms with Crippen LogP contribution < -0.4 is 5.32 Å². The largest absolute Gasteiger partial charge is 0.390 e. The van der Waals surface area contributed by atoms with Crippen LogP contribution >= 0.6 is 0 Å². The van der Waals surface area contributed by atoms with E-state index in [1.807, 2.05) is 13.8 Å². The van der Waals surface area contributed by atoms with Crippen LogP contribution in [0.15, 0.2) is 0 Å². The fraction of sp³-hybridized carbons (Fsp3) is 1.00. The SMILES string of the molecule is CC(C)(O)C1CCC2CCNC21C. The maximum absolute atomic E-state index is 10.1. The molecule has 0 aromatic heterocycles. The smallest absolute Gasteiger partial charge is 0.0637 e. The molecule has 2 aliphatic rings. The Bertz CT molecular complexity index is 209. The van der Waals surface area contributed by atoms with Crippen molar-refractivity contribution >= 4 is 0 Å². The van der Waals surface area contributed by atoms with Gasteiger partial charge in [-0.25, -0.2) is 0 Å². The molecular weight excluding hydrogens is 162 g/mol. The van der Waals surface area contributed by atoms with E-state index in [1.165, 1.54) is 19.3 Å². The summed E-state index contributed by atoms with van der Waals surface area (Å²) in [4.78, 5) is 0. The molecule has 2 N–H and O–H groups in total. The molecule has 2 fully saturated rings. The van der Waals surface area contributed by atoms with E-state index in [-0.39, 0.29) is 5.54 Å². The minimum Gasteiger partial charge on any atom is -0.390 e. The van der Waals surface area contributed by atoms with E-state index in [0.717, 1.165) is 12.5 Å². The third kappa shape index (κ3) is 1.31. The predicted molar refractivity (Wildman–Crippen MR) is 53.5 cm³/mol. The molecular formula is C11H21NO. The van der Waals surface area contributed by atoms with Crippen LogP contribution in [0.3, 0.4) is 0 Å². The molecule has 76 valence electrons. The zero-order valence-electron chi connectivity index (χ0n) is 8.93. The number of hydrogen-bond donors (Lipinski definition) is 2. The van der Waals surface area contributed by atoms with Gasteiger partial charge in [-0.3, -0.25) is 0 Å². The Morgan fingerprint density at radius 3 is 2.62 bits per heavy atom. The first-order chi connectivity index (χ1) is 5.94. The van der Waals surface area contributed by atoms with E-state index in [0.29, 0.717) is 5.92 Å². The molecule has 0 aromatic rings. The molecule has 3 unspecified atom stereocenters. The van der Waals surface area contributed by atoms with Crippen LogP contribution in [-0.4, -0.2) is 22.8 Å². The molecule has 2 rings (SSSR count). The summed E-state index contributed by atoms with van der Waals surface area (Å²) in [6.07, 6.45) is 3.76. The quantitative estimate of drug-likeness (QED) is 0.646. The second-order valence-corrected chi connectivity index (χ2v) is 5.48. The summed E-state index contributed by atoms with van der Waals surface area (Å²) in [7, 11) is 0. The summed E-state index contributed by atoms with van der Waals surface area (Å²) < 4.78 is 0. The van der Waals surface area contributed by atoms with Gasteiger partial charge in [0.1, 0.15) is 0 Å². The lowest BCUT2D eigenvalue weighted by molar-refractivity contribution is -0.0135. The monoisotopic (exact) mass is 183 g/mol. The highest BCUT2D eigenvalue weighted by molar-refractivity contribution is 5.09. The molecule has 0 radical (unpaired) electrons. The molecule has 2 nitrogen and oxygen atoms in total. The van der Waals surface area contributed by atoms with Gasteiger partial charge in [-0.2, -0.15) is 0 Å². The molecule has 2 heteroatoms. The van der Waals surface area contributed by atoms with Crippen molar-refractivity contribution in [2.75, 3.05) is 6.54 Å². The number of nitrogens with one attached hydrogen (secondary N) is 1. The van der Waals surface area contributed by atoms with Crippen LogP contribution in [0.25, 0.3) is 0 Å². The lowest BCUT2D eigenvalue weighted by Gasteiger charge is -2.39. The van der Waals surface area contributed by atoms with Crippen molar-refractivity contribution in [2.24, 2.45) is 11.8 Å². The highest BCUT2D eigenvalue weighted by Crippen LogP contribution is 2.49. The van der Waals surface area contributed by atoms with E-state index in [2.05, 4.69) is 12.2 Å². The first-order valence-corrected chi connectivity index (χ1v) is 5.42. The maximum atomic E-state index is 10.1. The van der Waals surface area contributed by atoms with Gasteiger partial charge in [0, 0.05) is 11.5 Å². The molecule has 1 saturated carbocycles. The average molecular weight is 183 g/mol. The third-order valence-corrected chi connectivity index (χ3v) is 4.23. The number of fused-ring (bicyclic) bond motifs is 1. The Labute approximate surface area is 80.7 Å². The average Bonchev–Trinajstić information content (AvgIpc) is 2.40. The van der Waals surface area contributed by atoms with Crippen molar-refractivity contribution in [3.05, 3.63) is 0 Å². The molecule has 1 saturated heterocycles. The van der Waals surface area contributed by atoms with Gasteiger partial charge >= 0.3 is 0 Å². The lowest BCUT2D eigenvalue weighted by Crippen LogP contribution is -2.52. The molecule has 3 atom stereocenters. The summed E-state index contributed by atoms with van der Waals surface area (Å²) in [5, 5.41) is 13.7. The van der Waals surface area contributed by atoms with Crippen molar-refractivity contribution in [3.8, 4) is 0 Å². The number of rotatable bonds is 1. The van der Waals surface area contributed by atoms with Gasteiger partial charge in [-0.05, 0) is 52.5 Å². The zero-order valence-corrected chi connectivity index (χ0v) is 8.93. The summed E-state index contributed by atoms with van der Waals surface area (Å²) >= 11 is 0. The van der Waals surface area contributed by atoms with Crippen molar-refractivity contribution in [1.82, 2.24) is 5.32 Å². The van der Waals surface area contributed by atoms with E-state index >= 15 is 0 Å². The Balaban J connectivity index is 2.23. The summed E-state index contributed by atoms with van der Waals surface area (Å²) in [6.45, 7) is 7.32. The van der Waals surface area contributed by atoms with Gasteiger partial charge in [0.25, 0.3) is 0 Å².